The molecule has 2 rings (SSSR count). The monoisotopic (exact) mass is 265 g/mol. The quantitative estimate of drug-likeness (QED) is 0.659. The van der Waals surface area contributed by atoms with Crippen LogP contribution in [0, 0.1) is 10.1 Å². The van der Waals surface area contributed by atoms with E-state index in [-0.39, 0.29) is 5.69 Å². The molecular formula is C12H15N3O4. The van der Waals surface area contributed by atoms with Gasteiger partial charge in [0.15, 0.2) is 0 Å². The fraction of sp³-hybridized carbons (Fsp3) is 0.417. The molecule has 1 aromatic rings. The average molecular weight is 265 g/mol. The van der Waals surface area contributed by atoms with Crippen LogP contribution in [0.15, 0.2) is 24.3 Å². The number of carbonyl (C=O) groups is 1. The molecule has 0 saturated carbocycles. The first-order valence-corrected chi connectivity index (χ1v) is 6.00. The Balaban J connectivity index is 1.88. The molecule has 0 bridgehead atoms. The van der Waals surface area contributed by atoms with Gasteiger partial charge in [0.2, 0.25) is 0 Å². The number of nitro benzene ring substituents is 1. The number of non-ortho nitro benzene ring substituents is 1. The molecule has 0 unspecified atom stereocenters. The molecule has 0 aliphatic carbocycles. The van der Waals surface area contributed by atoms with Crippen LogP contribution >= 0.6 is 0 Å². The molecule has 7 nitrogen and oxygen atoms in total. The Bertz CT molecular complexity index is 466. The van der Waals surface area contributed by atoms with E-state index < -0.39 is 11.0 Å². The van der Waals surface area contributed by atoms with Gasteiger partial charge < -0.3 is 10.0 Å². The average Bonchev–Trinajstić information content (AvgIpc) is 2.40. The Morgan fingerprint density at radius 3 is 2.26 bits per heavy atom. The lowest BCUT2D eigenvalue weighted by molar-refractivity contribution is -0.384. The van der Waals surface area contributed by atoms with E-state index in [1.165, 1.54) is 17.0 Å². The predicted molar refractivity (Wildman–Crippen MR) is 68.0 cm³/mol. The molecular weight excluding hydrogens is 250 g/mol. The van der Waals surface area contributed by atoms with Crippen molar-refractivity contribution < 1.29 is 14.8 Å². The highest BCUT2D eigenvalue weighted by molar-refractivity contribution is 5.65. The van der Waals surface area contributed by atoms with E-state index in [1.54, 1.807) is 12.1 Å². The summed E-state index contributed by atoms with van der Waals surface area (Å²) < 4.78 is 0. The largest absolute Gasteiger partial charge is 0.465 e. The van der Waals surface area contributed by atoms with Crippen molar-refractivity contribution in [1.29, 1.82) is 0 Å². The minimum Gasteiger partial charge on any atom is -0.465 e. The second kappa shape index (κ2) is 5.66. The molecule has 1 amide bonds. The minimum atomic E-state index is -0.880. The first kappa shape index (κ1) is 13.3. The lowest BCUT2D eigenvalue weighted by Crippen LogP contribution is -2.47. The number of nitrogens with zero attached hydrogens (tertiary/aromatic N) is 3. The van der Waals surface area contributed by atoms with Crippen molar-refractivity contribution in [2.75, 3.05) is 26.2 Å². The third-order valence-corrected chi connectivity index (χ3v) is 3.20. The minimum absolute atomic E-state index is 0.0828. The van der Waals surface area contributed by atoms with E-state index in [1.807, 2.05) is 0 Å². The van der Waals surface area contributed by atoms with Gasteiger partial charge in [0.05, 0.1) is 4.92 Å². The molecule has 19 heavy (non-hydrogen) atoms. The van der Waals surface area contributed by atoms with E-state index in [0.29, 0.717) is 32.7 Å². The highest BCUT2D eigenvalue weighted by Gasteiger charge is 2.20. The molecule has 1 N–H and O–H groups in total. The van der Waals surface area contributed by atoms with E-state index >= 15 is 0 Å². The van der Waals surface area contributed by atoms with Crippen LogP contribution in [0.1, 0.15) is 5.56 Å². The number of nitro groups is 1. The molecule has 0 aromatic heterocycles. The van der Waals surface area contributed by atoms with Crippen molar-refractivity contribution in [1.82, 2.24) is 9.80 Å². The van der Waals surface area contributed by atoms with Crippen LogP contribution in [-0.4, -0.2) is 52.1 Å². The van der Waals surface area contributed by atoms with Crippen LogP contribution in [-0.2, 0) is 6.54 Å². The highest BCUT2D eigenvalue weighted by atomic mass is 16.6. The molecule has 1 saturated heterocycles. The zero-order chi connectivity index (χ0) is 13.8. The van der Waals surface area contributed by atoms with Gasteiger partial charge in [-0.25, -0.2) is 4.79 Å². The van der Waals surface area contributed by atoms with Crippen LogP contribution < -0.4 is 0 Å². The van der Waals surface area contributed by atoms with Crippen molar-refractivity contribution in [2.45, 2.75) is 6.54 Å². The summed E-state index contributed by atoms with van der Waals surface area (Å²) in [6, 6.07) is 6.45. The van der Waals surface area contributed by atoms with Gasteiger partial charge in [-0.15, -0.1) is 0 Å². The Morgan fingerprint density at radius 2 is 1.79 bits per heavy atom. The highest BCUT2D eigenvalue weighted by Crippen LogP contribution is 2.14. The first-order chi connectivity index (χ1) is 9.06. The van der Waals surface area contributed by atoms with Gasteiger partial charge in [-0.3, -0.25) is 15.0 Å². The maximum absolute atomic E-state index is 10.8. The normalized spacial score (nSPS) is 16.3. The summed E-state index contributed by atoms with van der Waals surface area (Å²) >= 11 is 0. The van der Waals surface area contributed by atoms with Crippen molar-refractivity contribution in [3.63, 3.8) is 0 Å². The van der Waals surface area contributed by atoms with Crippen LogP contribution in [0.25, 0.3) is 0 Å². The number of rotatable bonds is 3. The van der Waals surface area contributed by atoms with Crippen molar-refractivity contribution in [3.05, 3.63) is 39.9 Å². The van der Waals surface area contributed by atoms with Crippen LogP contribution in [0.2, 0.25) is 0 Å². The maximum Gasteiger partial charge on any atom is 0.407 e. The molecule has 0 spiro atoms. The van der Waals surface area contributed by atoms with E-state index in [2.05, 4.69) is 4.90 Å². The Kier molecular flexibility index (Phi) is 3.96. The number of hydrogen-bond donors (Lipinski definition) is 1. The first-order valence-electron chi connectivity index (χ1n) is 6.00. The molecule has 102 valence electrons. The zero-order valence-corrected chi connectivity index (χ0v) is 10.4. The fourth-order valence-electron chi connectivity index (χ4n) is 2.08. The zero-order valence-electron chi connectivity index (χ0n) is 10.4. The third-order valence-electron chi connectivity index (χ3n) is 3.20. The van der Waals surface area contributed by atoms with Crippen LogP contribution in [0.4, 0.5) is 10.5 Å². The molecule has 1 heterocycles. The summed E-state index contributed by atoms with van der Waals surface area (Å²) in [5.41, 5.74) is 1.08. The molecule has 0 radical (unpaired) electrons. The number of amides is 1. The lowest BCUT2D eigenvalue weighted by atomic mass is 10.2. The SMILES string of the molecule is O=C(O)N1CCN(Cc2ccc([N+](=O)[O-])cc2)CC1. The van der Waals surface area contributed by atoms with Gasteiger partial charge in [0.1, 0.15) is 0 Å². The summed E-state index contributed by atoms with van der Waals surface area (Å²) in [4.78, 5) is 24.4. The van der Waals surface area contributed by atoms with E-state index in [0.717, 1.165) is 5.56 Å². The van der Waals surface area contributed by atoms with Gasteiger partial charge in [0, 0.05) is 44.9 Å². The molecule has 0 atom stereocenters. The van der Waals surface area contributed by atoms with Crippen molar-refractivity contribution >= 4 is 11.8 Å². The number of hydrogen-bond acceptors (Lipinski definition) is 4. The van der Waals surface area contributed by atoms with Crippen LogP contribution in [0.3, 0.4) is 0 Å². The summed E-state index contributed by atoms with van der Waals surface area (Å²) in [6.07, 6.45) is -0.880. The Labute approximate surface area is 110 Å². The van der Waals surface area contributed by atoms with Crippen molar-refractivity contribution in [3.8, 4) is 0 Å². The molecule has 1 fully saturated rings. The standard InChI is InChI=1S/C12H15N3O4/c16-12(17)14-7-5-13(6-8-14)9-10-1-3-11(4-2-10)15(18)19/h1-4H,5-9H2,(H,16,17). The molecule has 1 aliphatic heterocycles. The molecule has 7 heteroatoms. The summed E-state index contributed by atoms with van der Waals surface area (Å²) in [7, 11) is 0. The van der Waals surface area contributed by atoms with E-state index in [4.69, 9.17) is 5.11 Å². The number of piperazine rings is 1. The van der Waals surface area contributed by atoms with Gasteiger partial charge in [-0.05, 0) is 5.56 Å². The second-order valence-corrected chi connectivity index (χ2v) is 4.47. The molecule has 1 aliphatic rings. The van der Waals surface area contributed by atoms with Crippen LogP contribution in [0.5, 0.6) is 0 Å². The van der Waals surface area contributed by atoms with Crippen molar-refractivity contribution in [2.24, 2.45) is 0 Å². The van der Waals surface area contributed by atoms with Gasteiger partial charge in [0.25, 0.3) is 5.69 Å². The smallest absolute Gasteiger partial charge is 0.407 e. The maximum atomic E-state index is 10.8. The Hall–Kier alpha value is -2.15. The summed E-state index contributed by atoms with van der Waals surface area (Å²) in [6.45, 7) is 3.06. The number of benzene rings is 1. The third kappa shape index (κ3) is 3.41. The van der Waals surface area contributed by atoms with E-state index in [9.17, 15) is 14.9 Å². The molecule has 1 aromatic carbocycles. The summed E-state index contributed by atoms with van der Waals surface area (Å²) in [5, 5.41) is 19.4. The van der Waals surface area contributed by atoms with Gasteiger partial charge >= 0.3 is 6.09 Å². The number of carboxylic acid groups (broad SMARTS) is 1. The van der Waals surface area contributed by atoms with Gasteiger partial charge in [-0.2, -0.15) is 0 Å². The lowest BCUT2D eigenvalue weighted by Gasteiger charge is -2.33. The predicted octanol–water partition coefficient (Wildman–Crippen LogP) is 1.39. The topological polar surface area (TPSA) is 86.9 Å². The van der Waals surface area contributed by atoms with Gasteiger partial charge in [-0.1, -0.05) is 12.1 Å². The Morgan fingerprint density at radius 1 is 1.21 bits per heavy atom. The second-order valence-electron chi connectivity index (χ2n) is 4.47. The summed E-state index contributed by atoms with van der Waals surface area (Å²) in [5.74, 6) is 0. The fourth-order valence-corrected chi connectivity index (χ4v) is 2.08.